The molecule has 2 nitrogen and oxygen atoms in total. The molecule has 104 valence electrons. The maximum Gasteiger partial charge on any atom is 0.314 e. The third-order valence-electron chi connectivity index (χ3n) is 4.12. The molecule has 0 atom stereocenters. The largest absolute Gasteiger partial charge is 0.426 e. The fourth-order valence-corrected chi connectivity index (χ4v) is 3.46. The van der Waals surface area contributed by atoms with Crippen LogP contribution in [0.15, 0.2) is 18.2 Å². The van der Waals surface area contributed by atoms with Crippen LogP contribution in [0.4, 0.5) is 4.39 Å². The fourth-order valence-electron chi connectivity index (χ4n) is 2.64. The summed E-state index contributed by atoms with van der Waals surface area (Å²) in [6.07, 6.45) is 4.09. The van der Waals surface area contributed by atoms with Crippen molar-refractivity contribution in [1.29, 1.82) is 0 Å². The summed E-state index contributed by atoms with van der Waals surface area (Å²) >= 11 is 0. The highest BCUT2D eigenvalue weighted by Crippen LogP contribution is 2.31. The predicted octanol–water partition coefficient (Wildman–Crippen LogP) is 2.63. The molecule has 0 bridgehead atoms. The molecule has 1 aliphatic carbocycles. The number of rotatable bonds is 3. The summed E-state index contributed by atoms with van der Waals surface area (Å²) in [5.41, 5.74) is 0.562. The van der Waals surface area contributed by atoms with E-state index in [-0.39, 0.29) is 17.7 Å². The van der Waals surface area contributed by atoms with Gasteiger partial charge in [0.2, 0.25) is 0 Å². The van der Waals surface area contributed by atoms with E-state index < -0.39 is 0 Å². The minimum atomic E-state index is -0.329. The lowest BCUT2D eigenvalue weighted by Gasteiger charge is -2.26. The van der Waals surface area contributed by atoms with Crippen molar-refractivity contribution >= 4 is 16.2 Å². The Hall–Kier alpha value is -1.16. The number of carbonyl (C=O) groups is 1. The normalized spacial score (nSPS) is 23.3. The Labute approximate surface area is 116 Å². The number of benzene rings is 1. The van der Waals surface area contributed by atoms with E-state index in [4.69, 9.17) is 4.74 Å². The van der Waals surface area contributed by atoms with Crippen LogP contribution < -0.4 is 4.74 Å². The van der Waals surface area contributed by atoms with Crippen LogP contribution in [0, 0.1) is 24.6 Å². The minimum Gasteiger partial charge on any atom is -0.426 e. The molecule has 0 unspecified atom stereocenters. The van der Waals surface area contributed by atoms with Crippen molar-refractivity contribution in [2.24, 2.45) is 11.8 Å². The van der Waals surface area contributed by atoms with E-state index >= 15 is 0 Å². The Morgan fingerprint density at radius 3 is 2.63 bits per heavy atom. The van der Waals surface area contributed by atoms with Crippen LogP contribution in [0.3, 0.4) is 0 Å². The summed E-state index contributed by atoms with van der Waals surface area (Å²) in [6.45, 7) is 1.69. The van der Waals surface area contributed by atoms with Gasteiger partial charge in [-0.25, -0.2) is 4.39 Å². The molecule has 0 aliphatic heterocycles. The van der Waals surface area contributed by atoms with E-state index in [2.05, 4.69) is 0 Å². The first-order valence-electron chi connectivity index (χ1n) is 7.08. The molecule has 19 heavy (non-hydrogen) atoms. The standard InChI is InChI=1S/C15H21FO2Si/c1-10-2-7-13(8-14(10)16)18-15(17)12-5-3-11(9-19)4-6-12/h2,7-8,11-12H,3-6,9H2,1,19H3. The molecule has 2 rings (SSSR count). The number of carbonyl (C=O) groups excluding carboxylic acids is 1. The molecule has 4 heteroatoms. The van der Waals surface area contributed by atoms with Gasteiger partial charge < -0.3 is 4.74 Å². The third-order valence-corrected chi connectivity index (χ3v) is 5.27. The van der Waals surface area contributed by atoms with Gasteiger partial charge in [0.1, 0.15) is 11.6 Å². The van der Waals surface area contributed by atoms with Gasteiger partial charge in [0, 0.05) is 16.3 Å². The van der Waals surface area contributed by atoms with Crippen LogP contribution in [0.1, 0.15) is 31.2 Å². The Morgan fingerprint density at radius 2 is 2.05 bits per heavy atom. The molecule has 0 amide bonds. The van der Waals surface area contributed by atoms with Gasteiger partial charge >= 0.3 is 5.97 Å². The zero-order valence-electron chi connectivity index (χ0n) is 11.6. The van der Waals surface area contributed by atoms with Gasteiger partial charge in [0.05, 0.1) is 5.92 Å². The molecule has 0 heterocycles. The number of aryl methyl sites for hydroxylation is 1. The first-order chi connectivity index (χ1) is 9.10. The highest BCUT2D eigenvalue weighted by atomic mass is 28.1. The Morgan fingerprint density at radius 1 is 1.37 bits per heavy atom. The van der Waals surface area contributed by atoms with Crippen LogP contribution in [0.5, 0.6) is 5.75 Å². The molecule has 1 saturated carbocycles. The lowest BCUT2D eigenvalue weighted by Crippen LogP contribution is -2.25. The van der Waals surface area contributed by atoms with Crippen molar-refractivity contribution in [3.63, 3.8) is 0 Å². The van der Waals surface area contributed by atoms with Gasteiger partial charge in [-0.05, 0) is 50.2 Å². The van der Waals surface area contributed by atoms with E-state index in [1.165, 1.54) is 22.4 Å². The lowest BCUT2D eigenvalue weighted by atomic mass is 9.83. The average Bonchev–Trinajstić information content (AvgIpc) is 2.43. The average molecular weight is 280 g/mol. The van der Waals surface area contributed by atoms with E-state index in [1.807, 2.05) is 0 Å². The molecule has 1 aromatic rings. The van der Waals surface area contributed by atoms with Gasteiger partial charge in [-0.2, -0.15) is 0 Å². The van der Waals surface area contributed by atoms with Gasteiger partial charge in [-0.15, -0.1) is 0 Å². The van der Waals surface area contributed by atoms with Gasteiger partial charge in [-0.1, -0.05) is 12.1 Å². The first kappa shape index (κ1) is 14.3. The van der Waals surface area contributed by atoms with Crippen LogP contribution in [-0.4, -0.2) is 16.2 Å². The van der Waals surface area contributed by atoms with E-state index in [9.17, 15) is 9.18 Å². The quantitative estimate of drug-likeness (QED) is 0.483. The van der Waals surface area contributed by atoms with Crippen molar-refractivity contribution in [3.8, 4) is 5.75 Å². The van der Waals surface area contributed by atoms with Crippen LogP contribution >= 0.6 is 0 Å². The van der Waals surface area contributed by atoms with Gasteiger partial charge in [0.25, 0.3) is 0 Å². The smallest absolute Gasteiger partial charge is 0.314 e. The maximum atomic E-state index is 13.4. The number of esters is 1. The summed E-state index contributed by atoms with van der Waals surface area (Å²) in [5, 5.41) is 0. The number of ether oxygens (including phenoxy) is 1. The summed E-state index contributed by atoms with van der Waals surface area (Å²) in [6, 6.07) is 5.90. The van der Waals surface area contributed by atoms with Crippen LogP contribution in [-0.2, 0) is 4.79 Å². The van der Waals surface area contributed by atoms with Crippen molar-refractivity contribution in [2.45, 2.75) is 38.7 Å². The van der Waals surface area contributed by atoms with E-state index in [0.29, 0.717) is 11.3 Å². The zero-order valence-corrected chi connectivity index (χ0v) is 13.6. The minimum absolute atomic E-state index is 0.00571. The van der Waals surface area contributed by atoms with Gasteiger partial charge in [0.15, 0.2) is 0 Å². The molecular weight excluding hydrogens is 259 g/mol. The summed E-state index contributed by atoms with van der Waals surface area (Å²) in [7, 11) is 1.24. The zero-order chi connectivity index (χ0) is 13.8. The van der Waals surface area contributed by atoms with E-state index in [0.717, 1.165) is 31.6 Å². The Kier molecular flexibility index (Phi) is 4.74. The van der Waals surface area contributed by atoms with Crippen molar-refractivity contribution in [3.05, 3.63) is 29.6 Å². The van der Waals surface area contributed by atoms with Crippen LogP contribution in [0.25, 0.3) is 0 Å². The first-order valence-corrected chi connectivity index (χ1v) is 8.49. The second-order valence-corrected chi connectivity index (χ2v) is 6.27. The van der Waals surface area contributed by atoms with Gasteiger partial charge in [-0.3, -0.25) is 4.79 Å². The number of hydrogen-bond donors (Lipinski definition) is 0. The second kappa shape index (κ2) is 6.33. The molecule has 0 N–H and O–H groups in total. The molecule has 0 radical (unpaired) electrons. The highest BCUT2D eigenvalue weighted by molar-refractivity contribution is 6.08. The van der Waals surface area contributed by atoms with Crippen molar-refractivity contribution in [1.82, 2.24) is 0 Å². The van der Waals surface area contributed by atoms with Crippen LogP contribution in [0.2, 0.25) is 6.04 Å². The lowest BCUT2D eigenvalue weighted by molar-refractivity contribution is -0.140. The Bertz CT molecular complexity index is 453. The fraction of sp³-hybridized carbons (Fsp3) is 0.533. The predicted molar refractivity (Wildman–Crippen MR) is 77.0 cm³/mol. The molecular formula is C15H21FO2Si. The topological polar surface area (TPSA) is 26.3 Å². The molecule has 1 aromatic carbocycles. The third kappa shape index (κ3) is 3.66. The highest BCUT2D eigenvalue weighted by Gasteiger charge is 2.27. The van der Waals surface area contributed by atoms with Crippen molar-refractivity contribution in [2.75, 3.05) is 0 Å². The molecule has 0 spiro atoms. The SMILES string of the molecule is Cc1ccc(OC(=O)C2CCC(C[SiH3])CC2)cc1F. The summed E-state index contributed by atoms with van der Waals surface area (Å²) in [5.74, 6) is 0.597. The van der Waals surface area contributed by atoms with Crippen molar-refractivity contribution < 1.29 is 13.9 Å². The molecule has 1 aliphatic rings. The number of hydrogen-bond acceptors (Lipinski definition) is 2. The Balaban J connectivity index is 1.92. The molecule has 0 aromatic heterocycles. The maximum absolute atomic E-state index is 13.4. The number of halogens is 1. The van der Waals surface area contributed by atoms with E-state index in [1.54, 1.807) is 19.1 Å². The molecule has 1 fully saturated rings. The monoisotopic (exact) mass is 280 g/mol. The summed E-state index contributed by atoms with van der Waals surface area (Å²) in [4.78, 5) is 12.0. The second-order valence-electron chi connectivity index (χ2n) is 5.46. The molecule has 0 saturated heterocycles. The summed E-state index contributed by atoms with van der Waals surface area (Å²) < 4.78 is 18.7.